The third-order valence-corrected chi connectivity index (χ3v) is 3.73. The van der Waals surface area contributed by atoms with Gasteiger partial charge >= 0.3 is 0 Å². The third kappa shape index (κ3) is 2.45. The molecule has 0 spiro atoms. The number of aryl methyl sites for hydroxylation is 1. The average Bonchev–Trinajstić information content (AvgIpc) is 2.34. The second-order valence-electron chi connectivity index (χ2n) is 5.91. The Hall–Kier alpha value is -1.55. The van der Waals surface area contributed by atoms with Crippen LogP contribution in [0.25, 0.3) is 0 Å². The maximum atomic E-state index is 12.2. The summed E-state index contributed by atoms with van der Waals surface area (Å²) >= 11 is 0. The summed E-state index contributed by atoms with van der Waals surface area (Å²) in [6.07, 6.45) is 0. The first kappa shape index (κ1) is 13.9. The Morgan fingerprint density at radius 3 is 2.42 bits per heavy atom. The van der Waals surface area contributed by atoms with Gasteiger partial charge in [-0.1, -0.05) is 17.7 Å². The quantitative estimate of drug-likeness (QED) is 0.876. The van der Waals surface area contributed by atoms with Crippen molar-refractivity contribution in [3.8, 4) is 0 Å². The standard InChI is InChI=1S/C15H22N2O2/c1-11-5-7-12(8-6-11)17-13(9-18)14(19)16(4)10-15(17,2)3/h5-8,13,18H,9-10H2,1-4H3. The van der Waals surface area contributed by atoms with Crippen molar-refractivity contribution in [3.05, 3.63) is 29.8 Å². The fourth-order valence-corrected chi connectivity index (χ4v) is 2.92. The lowest BCUT2D eigenvalue weighted by Crippen LogP contribution is -2.67. The van der Waals surface area contributed by atoms with E-state index in [-0.39, 0.29) is 18.1 Å². The lowest BCUT2D eigenvalue weighted by molar-refractivity contribution is -0.136. The van der Waals surface area contributed by atoms with E-state index in [9.17, 15) is 9.90 Å². The van der Waals surface area contributed by atoms with E-state index in [4.69, 9.17) is 0 Å². The van der Waals surface area contributed by atoms with Crippen LogP contribution in [-0.2, 0) is 4.79 Å². The van der Waals surface area contributed by atoms with E-state index in [2.05, 4.69) is 13.8 Å². The summed E-state index contributed by atoms with van der Waals surface area (Å²) in [5, 5.41) is 9.61. The number of carbonyl (C=O) groups is 1. The number of amides is 1. The van der Waals surface area contributed by atoms with Gasteiger partial charge in [-0.15, -0.1) is 0 Å². The number of aliphatic hydroxyl groups excluding tert-OH is 1. The maximum Gasteiger partial charge on any atom is 0.247 e. The minimum absolute atomic E-state index is 0.0256. The molecule has 1 unspecified atom stereocenters. The minimum Gasteiger partial charge on any atom is -0.394 e. The van der Waals surface area contributed by atoms with E-state index >= 15 is 0 Å². The highest BCUT2D eigenvalue weighted by atomic mass is 16.3. The van der Waals surface area contributed by atoms with Gasteiger partial charge in [-0.3, -0.25) is 4.79 Å². The summed E-state index contributed by atoms with van der Waals surface area (Å²) < 4.78 is 0. The second-order valence-corrected chi connectivity index (χ2v) is 5.91. The molecular weight excluding hydrogens is 240 g/mol. The Labute approximate surface area is 114 Å². The van der Waals surface area contributed by atoms with E-state index in [1.54, 1.807) is 11.9 Å². The monoisotopic (exact) mass is 262 g/mol. The van der Waals surface area contributed by atoms with Crippen LogP contribution in [0.5, 0.6) is 0 Å². The Morgan fingerprint density at radius 2 is 1.89 bits per heavy atom. The molecule has 1 aromatic carbocycles. The van der Waals surface area contributed by atoms with Crippen molar-refractivity contribution in [1.29, 1.82) is 0 Å². The van der Waals surface area contributed by atoms with Crippen molar-refractivity contribution in [2.75, 3.05) is 25.1 Å². The number of likely N-dealkylation sites (N-methyl/N-ethyl adjacent to an activating group) is 1. The van der Waals surface area contributed by atoms with Gasteiger partial charge in [0.05, 0.1) is 12.1 Å². The van der Waals surface area contributed by atoms with E-state index in [0.29, 0.717) is 6.54 Å². The molecule has 1 amide bonds. The fraction of sp³-hybridized carbons (Fsp3) is 0.533. The smallest absolute Gasteiger partial charge is 0.247 e. The average molecular weight is 262 g/mol. The summed E-state index contributed by atoms with van der Waals surface area (Å²) in [5.74, 6) is -0.0256. The minimum atomic E-state index is -0.503. The summed E-state index contributed by atoms with van der Waals surface area (Å²) in [4.78, 5) is 16.0. The van der Waals surface area contributed by atoms with Gasteiger partial charge in [0, 0.05) is 19.3 Å². The van der Waals surface area contributed by atoms with Gasteiger partial charge in [-0.2, -0.15) is 0 Å². The van der Waals surface area contributed by atoms with Gasteiger partial charge < -0.3 is 14.9 Å². The van der Waals surface area contributed by atoms with Gasteiger partial charge in [0.15, 0.2) is 0 Å². The Kier molecular flexibility index (Phi) is 3.54. The zero-order chi connectivity index (χ0) is 14.2. The molecule has 2 rings (SSSR count). The summed E-state index contributed by atoms with van der Waals surface area (Å²) in [6, 6.07) is 7.58. The SMILES string of the molecule is Cc1ccc(N2C(CO)C(=O)N(C)CC2(C)C)cc1. The molecule has 1 N–H and O–H groups in total. The number of rotatable bonds is 2. The predicted octanol–water partition coefficient (Wildman–Crippen LogP) is 1.41. The molecule has 1 heterocycles. The van der Waals surface area contributed by atoms with Crippen molar-refractivity contribution in [1.82, 2.24) is 4.90 Å². The number of carbonyl (C=O) groups excluding carboxylic acids is 1. The Balaban J connectivity index is 2.43. The first-order valence-corrected chi connectivity index (χ1v) is 6.58. The number of piperazine rings is 1. The van der Waals surface area contributed by atoms with Crippen LogP contribution in [-0.4, -0.2) is 47.7 Å². The first-order valence-electron chi connectivity index (χ1n) is 6.58. The molecule has 1 aliphatic rings. The number of benzene rings is 1. The first-order chi connectivity index (χ1) is 8.86. The number of hydrogen-bond donors (Lipinski definition) is 1. The van der Waals surface area contributed by atoms with Gasteiger partial charge in [0.1, 0.15) is 6.04 Å². The lowest BCUT2D eigenvalue weighted by Gasteiger charge is -2.51. The van der Waals surface area contributed by atoms with Crippen molar-refractivity contribution < 1.29 is 9.90 Å². The van der Waals surface area contributed by atoms with Crippen molar-refractivity contribution >= 4 is 11.6 Å². The van der Waals surface area contributed by atoms with E-state index in [0.717, 1.165) is 5.69 Å². The molecule has 19 heavy (non-hydrogen) atoms. The normalized spacial score (nSPS) is 22.8. The molecule has 0 saturated carbocycles. The summed E-state index contributed by atoms with van der Waals surface area (Å²) in [7, 11) is 1.79. The fourth-order valence-electron chi connectivity index (χ4n) is 2.92. The predicted molar refractivity (Wildman–Crippen MR) is 76.2 cm³/mol. The number of nitrogens with zero attached hydrogens (tertiary/aromatic N) is 2. The van der Waals surface area contributed by atoms with E-state index in [1.807, 2.05) is 36.1 Å². The molecule has 4 nitrogen and oxygen atoms in total. The molecule has 1 fully saturated rings. The van der Waals surface area contributed by atoms with Crippen LogP contribution >= 0.6 is 0 Å². The highest BCUT2D eigenvalue weighted by Gasteiger charge is 2.43. The van der Waals surface area contributed by atoms with Crippen LogP contribution in [0.4, 0.5) is 5.69 Å². The molecular formula is C15H22N2O2. The molecule has 0 bridgehead atoms. The van der Waals surface area contributed by atoms with Crippen LogP contribution < -0.4 is 4.90 Å². The van der Waals surface area contributed by atoms with Gasteiger partial charge in [0.25, 0.3) is 0 Å². The van der Waals surface area contributed by atoms with Crippen molar-refractivity contribution in [2.45, 2.75) is 32.4 Å². The third-order valence-electron chi connectivity index (χ3n) is 3.73. The zero-order valence-electron chi connectivity index (χ0n) is 12.1. The topological polar surface area (TPSA) is 43.8 Å². The van der Waals surface area contributed by atoms with Gasteiger partial charge in [0.2, 0.25) is 5.91 Å². The molecule has 4 heteroatoms. The zero-order valence-corrected chi connectivity index (χ0v) is 12.1. The largest absolute Gasteiger partial charge is 0.394 e. The van der Waals surface area contributed by atoms with Crippen molar-refractivity contribution in [3.63, 3.8) is 0 Å². The Morgan fingerprint density at radius 1 is 1.32 bits per heavy atom. The molecule has 0 aromatic heterocycles. The highest BCUT2D eigenvalue weighted by Crippen LogP contribution is 2.31. The van der Waals surface area contributed by atoms with Crippen LogP contribution in [0.3, 0.4) is 0 Å². The maximum absolute atomic E-state index is 12.2. The van der Waals surface area contributed by atoms with Crippen LogP contribution in [0.15, 0.2) is 24.3 Å². The molecule has 1 atom stereocenters. The summed E-state index contributed by atoms with van der Waals surface area (Å²) in [5.41, 5.74) is 1.96. The number of aliphatic hydroxyl groups is 1. The molecule has 0 aliphatic carbocycles. The molecule has 104 valence electrons. The van der Waals surface area contributed by atoms with E-state index in [1.165, 1.54) is 5.56 Å². The molecule has 1 aromatic rings. The van der Waals surface area contributed by atoms with Crippen molar-refractivity contribution in [2.24, 2.45) is 0 Å². The van der Waals surface area contributed by atoms with Crippen LogP contribution in [0.1, 0.15) is 19.4 Å². The second kappa shape index (κ2) is 4.85. The van der Waals surface area contributed by atoms with Crippen LogP contribution in [0.2, 0.25) is 0 Å². The lowest BCUT2D eigenvalue weighted by atomic mass is 9.93. The Bertz CT molecular complexity index is 468. The molecule has 1 saturated heterocycles. The van der Waals surface area contributed by atoms with E-state index < -0.39 is 6.04 Å². The van der Waals surface area contributed by atoms with Gasteiger partial charge in [-0.25, -0.2) is 0 Å². The summed E-state index contributed by atoms with van der Waals surface area (Å²) in [6.45, 7) is 6.71. The number of hydrogen-bond acceptors (Lipinski definition) is 3. The highest BCUT2D eigenvalue weighted by molar-refractivity contribution is 5.87. The molecule has 0 radical (unpaired) electrons. The molecule has 1 aliphatic heterocycles. The van der Waals surface area contributed by atoms with Gasteiger partial charge in [-0.05, 0) is 32.9 Å². The number of anilines is 1. The van der Waals surface area contributed by atoms with Crippen LogP contribution in [0, 0.1) is 6.92 Å².